The first-order valence-corrected chi connectivity index (χ1v) is 6.12. The Balaban J connectivity index is 2.32. The number of carboxylic acids is 1. The zero-order chi connectivity index (χ0) is 13.5. The highest BCUT2D eigenvalue weighted by molar-refractivity contribution is 5.78. The molecule has 1 fully saturated rings. The van der Waals surface area contributed by atoms with Crippen LogP contribution < -0.4 is 5.32 Å². The van der Waals surface area contributed by atoms with Crippen LogP contribution in [0.1, 0.15) is 6.92 Å². The molecular formula is C12H21N3O3. The number of hydrogen-bond acceptors (Lipinski definition) is 4. The summed E-state index contributed by atoms with van der Waals surface area (Å²) in [6.45, 7) is 8.56. The molecule has 6 nitrogen and oxygen atoms in total. The molecule has 0 aromatic heterocycles. The Morgan fingerprint density at radius 2 is 2.00 bits per heavy atom. The summed E-state index contributed by atoms with van der Waals surface area (Å²) in [6.07, 6.45) is 1.71. The zero-order valence-electron chi connectivity index (χ0n) is 10.8. The summed E-state index contributed by atoms with van der Waals surface area (Å²) in [7, 11) is 0. The van der Waals surface area contributed by atoms with Gasteiger partial charge in [0.15, 0.2) is 0 Å². The van der Waals surface area contributed by atoms with Gasteiger partial charge in [0, 0.05) is 32.7 Å². The summed E-state index contributed by atoms with van der Waals surface area (Å²) in [5.41, 5.74) is 0. The first kappa shape index (κ1) is 14.7. The van der Waals surface area contributed by atoms with Gasteiger partial charge in [0.25, 0.3) is 0 Å². The molecule has 0 aromatic rings. The molecule has 6 heteroatoms. The minimum atomic E-state index is -0.817. The molecule has 102 valence electrons. The quantitative estimate of drug-likeness (QED) is 0.489. The number of aliphatic carboxylic acids is 1. The molecule has 1 rings (SSSR count). The average molecular weight is 255 g/mol. The van der Waals surface area contributed by atoms with Gasteiger partial charge < -0.3 is 15.3 Å². The number of carbonyl (C=O) groups excluding carboxylic acids is 1. The Bertz CT molecular complexity index is 312. The minimum Gasteiger partial charge on any atom is -0.480 e. The second-order valence-electron chi connectivity index (χ2n) is 4.35. The first-order chi connectivity index (χ1) is 8.56. The monoisotopic (exact) mass is 255 g/mol. The lowest BCUT2D eigenvalue weighted by molar-refractivity contribution is -0.143. The molecule has 1 heterocycles. The van der Waals surface area contributed by atoms with Crippen molar-refractivity contribution in [2.24, 2.45) is 0 Å². The lowest BCUT2D eigenvalue weighted by Gasteiger charge is -2.36. The summed E-state index contributed by atoms with van der Waals surface area (Å²) in [4.78, 5) is 26.3. The fraction of sp³-hybridized carbons (Fsp3) is 0.667. The maximum atomic E-state index is 11.8. The van der Waals surface area contributed by atoms with Crippen molar-refractivity contribution >= 4 is 11.9 Å². The molecule has 1 unspecified atom stereocenters. The van der Waals surface area contributed by atoms with Crippen molar-refractivity contribution in [3.63, 3.8) is 0 Å². The van der Waals surface area contributed by atoms with Gasteiger partial charge in [-0.15, -0.1) is 6.58 Å². The summed E-state index contributed by atoms with van der Waals surface area (Å²) >= 11 is 0. The predicted molar refractivity (Wildman–Crippen MR) is 68.3 cm³/mol. The predicted octanol–water partition coefficient (Wildman–Crippen LogP) is -0.621. The van der Waals surface area contributed by atoms with E-state index in [1.807, 2.05) is 4.90 Å². The highest BCUT2D eigenvalue weighted by atomic mass is 16.4. The molecule has 0 spiro atoms. The molecule has 1 atom stereocenters. The third-order valence-corrected chi connectivity index (χ3v) is 3.14. The molecule has 0 aromatic carbocycles. The van der Waals surface area contributed by atoms with Gasteiger partial charge in [-0.2, -0.15) is 0 Å². The molecule has 1 aliphatic heterocycles. The van der Waals surface area contributed by atoms with Crippen LogP contribution in [-0.2, 0) is 9.59 Å². The molecule has 2 N–H and O–H groups in total. The van der Waals surface area contributed by atoms with Crippen molar-refractivity contribution in [2.45, 2.75) is 13.0 Å². The Morgan fingerprint density at radius 3 is 2.50 bits per heavy atom. The van der Waals surface area contributed by atoms with Crippen LogP contribution in [0.2, 0.25) is 0 Å². The number of carboxylic acid groups (broad SMARTS) is 1. The Morgan fingerprint density at radius 1 is 1.39 bits per heavy atom. The Labute approximate surface area is 107 Å². The van der Waals surface area contributed by atoms with Crippen LogP contribution >= 0.6 is 0 Å². The summed E-state index contributed by atoms with van der Waals surface area (Å²) in [5, 5.41) is 11.9. The Kier molecular flexibility index (Phi) is 5.80. The van der Waals surface area contributed by atoms with E-state index in [0.717, 1.165) is 0 Å². The topological polar surface area (TPSA) is 72.9 Å². The van der Waals surface area contributed by atoms with E-state index in [2.05, 4.69) is 11.9 Å². The second-order valence-corrected chi connectivity index (χ2v) is 4.35. The maximum Gasteiger partial charge on any atom is 0.320 e. The van der Waals surface area contributed by atoms with Crippen molar-refractivity contribution in [1.82, 2.24) is 15.1 Å². The van der Waals surface area contributed by atoms with Gasteiger partial charge in [-0.1, -0.05) is 6.08 Å². The zero-order valence-corrected chi connectivity index (χ0v) is 10.8. The van der Waals surface area contributed by atoms with Gasteiger partial charge in [0.05, 0.1) is 6.54 Å². The van der Waals surface area contributed by atoms with Gasteiger partial charge in [0.1, 0.15) is 6.04 Å². The lowest BCUT2D eigenvalue weighted by Crippen LogP contribution is -2.54. The van der Waals surface area contributed by atoms with Crippen LogP contribution in [-0.4, -0.2) is 72.1 Å². The van der Waals surface area contributed by atoms with Crippen LogP contribution in [0, 0.1) is 0 Å². The number of nitrogens with zero attached hydrogens (tertiary/aromatic N) is 2. The van der Waals surface area contributed by atoms with E-state index < -0.39 is 12.0 Å². The third-order valence-electron chi connectivity index (χ3n) is 3.14. The summed E-state index contributed by atoms with van der Waals surface area (Å²) in [5.74, 6) is -0.762. The van der Waals surface area contributed by atoms with Crippen molar-refractivity contribution in [3.8, 4) is 0 Å². The maximum absolute atomic E-state index is 11.8. The van der Waals surface area contributed by atoms with Gasteiger partial charge in [0.2, 0.25) is 5.91 Å². The van der Waals surface area contributed by atoms with Gasteiger partial charge >= 0.3 is 5.97 Å². The lowest BCUT2D eigenvalue weighted by atomic mass is 10.2. The number of hydrogen-bond donors (Lipinski definition) is 2. The van der Waals surface area contributed by atoms with E-state index in [0.29, 0.717) is 39.3 Å². The van der Waals surface area contributed by atoms with E-state index in [9.17, 15) is 9.59 Å². The van der Waals surface area contributed by atoms with Crippen LogP contribution in [0.15, 0.2) is 12.7 Å². The molecular weight excluding hydrogens is 234 g/mol. The van der Waals surface area contributed by atoms with E-state index in [1.54, 1.807) is 17.9 Å². The SMILES string of the molecule is C=CCNCC(=O)N1CCN(C(C)C(=O)O)CC1. The molecule has 1 aliphatic rings. The standard InChI is InChI=1S/C12H21N3O3/c1-3-4-13-9-11(16)15-7-5-14(6-8-15)10(2)12(17)18/h3,10,13H,1,4-9H2,2H3,(H,17,18). The number of rotatable bonds is 6. The largest absolute Gasteiger partial charge is 0.480 e. The molecule has 0 bridgehead atoms. The Hall–Kier alpha value is -1.40. The van der Waals surface area contributed by atoms with Crippen molar-refractivity contribution in [1.29, 1.82) is 0 Å². The van der Waals surface area contributed by atoms with Crippen molar-refractivity contribution in [2.75, 3.05) is 39.3 Å². The highest BCUT2D eigenvalue weighted by Crippen LogP contribution is 2.06. The van der Waals surface area contributed by atoms with Gasteiger partial charge in [-0.05, 0) is 6.92 Å². The highest BCUT2D eigenvalue weighted by Gasteiger charge is 2.26. The second kappa shape index (κ2) is 7.13. The van der Waals surface area contributed by atoms with Crippen LogP contribution in [0.4, 0.5) is 0 Å². The molecule has 1 saturated heterocycles. The summed E-state index contributed by atoms with van der Waals surface area (Å²) < 4.78 is 0. The average Bonchev–Trinajstić information content (AvgIpc) is 2.38. The van der Waals surface area contributed by atoms with Crippen LogP contribution in [0.25, 0.3) is 0 Å². The van der Waals surface area contributed by atoms with E-state index in [1.165, 1.54) is 0 Å². The van der Waals surface area contributed by atoms with Crippen LogP contribution in [0.3, 0.4) is 0 Å². The number of carbonyl (C=O) groups is 2. The minimum absolute atomic E-state index is 0.0551. The van der Waals surface area contributed by atoms with Crippen LogP contribution in [0.5, 0.6) is 0 Å². The number of nitrogens with one attached hydrogen (secondary N) is 1. The smallest absolute Gasteiger partial charge is 0.320 e. The molecule has 0 saturated carbocycles. The fourth-order valence-electron chi connectivity index (χ4n) is 1.91. The molecule has 0 radical (unpaired) electrons. The molecule has 0 aliphatic carbocycles. The van der Waals surface area contributed by atoms with Crippen molar-refractivity contribution in [3.05, 3.63) is 12.7 Å². The van der Waals surface area contributed by atoms with Gasteiger partial charge in [-0.3, -0.25) is 14.5 Å². The normalized spacial score (nSPS) is 18.4. The summed E-state index contributed by atoms with van der Waals surface area (Å²) in [6, 6.07) is -0.485. The fourth-order valence-corrected chi connectivity index (χ4v) is 1.91. The van der Waals surface area contributed by atoms with E-state index in [4.69, 9.17) is 5.11 Å². The van der Waals surface area contributed by atoms with E-state index >= 15 is 0 Å². The molecule has 18 heavy (non-hydrogen) atoms. The van der Waals surface area contributed by atoms with Gasteiger partial charge in [-0.25, -0.2) is 0 Å². The molecule has 1 amide bonds. The third kappa shape index (κ3) is 4.12. The number of piperazine rings is 1. The van der Waals surface area contributed by atoms with Crippen molar-refractivity contribution < 1.29 is 14.7 Å². The van der Waals surface area contributed by atoms with E-state index in [-0.39, 0.29) is 5.91 Å². The number of amides is 1. The first-order valence-electron chi connectivity index (χ1n) is 6.12.